The first-order chi connectivity index (χ1) is 14.4. The van der Waals surface area contributed by atoms with Gasteiger partial charge in [-0.2, -0.15) is 0 Å². The second-order valence-electron chi connectivity index (χ2n) is 7.22. The Kier molecular flexibility index (Phi) is 9.03. The van der Waals surface area contributed by atoms with Gasteiger partial charge in [-0.25, -0.2) is 0 Å². The quantitative estimate of drug-likeness (QED) is 0.557. The van der Waals surface area contributed by atoms with Gasteiger partial charge >= 0.3 is 0 Å². The van der Waals surface area contributed by atoms with Crippen molar-refractivity contribution >= 4 is 17.7 Å². The number of nitrogens with zero attached hydrogens (tertiary/aromatic N) is 1. The summed E-state index contributed by atoms with van der Waals surface area (Å²) in [6.07, 6.45) is 0. The maximum Gasteiger partial charge on any atom is 0.234 e. The van der Waals surface area contributed by atoms with E-state index in [-0.39, 0.29) is 49.4 Å². The molecule has 2 aromatic carbocycles. The molecule has 3 amide bonds. The van der Waals surface area contributed by atoms with Gasteiger partial charge in [0.1, 0.15) is 0 Å². The van der Waals surface area contributed by atoms with Crippen molar-refractivity contribution in [1.82, 2.24) is 20.9 Å². The minimum absolute atomic E-state index is 0.0449. The van der Waals surface area contributed by atoms with Gasteiger partial charge in [0.05, 0.1) is 31.7 Å². The molecule has 0 spiro atoms. The first-order valence-corrected chi connectivity index (χ1v) is 10.0. The average Bonchev–Trinajstić information content (AvgIpc) is 2.74. The maximum atomic E-state index is 12.5. The Morgan fingerprint density at radius 1 is 0.700 bits per heavy atom. The minimum atomic E-state index is -0.261. The van der Waals surface area contributed by atoms with Crippen LogP contribution in [-0.4, -0.2) is 49.3 Å². The lowest BCUT2D eigenvalue weighted by Gasteiger charge is -2.23. The van der Waals surface area contributed by atoms with Crippen LogP contribution in [0.4, 0.5) is 0 Å². The first-order valence-electron chi connectivity index (χ1n) is 10.0. The smallest absolute Gasteiger partial charge is 0.234 e. The fraction of sp³-hybridized carbons (Fsp3) is 0.348. The van der Waals surface area contributed by atoms with Crippen LogP contribution in [0.15, 0.2) is 60.7 Å². The fourth-order valence-corrected chi connectivity index (χ4v) is 3.08. The Balaban J connectivity index is 1.94. The molecule has 0 radical (unpaired) electrons. The van der Waals surface area contributed by atoms with Crippen molar-refractivity contribution in [2.75, 3.05) is 26.7 Å². The van der Waals surface area contributed by atoms with Crippen LogP contribution < -0.4 is 16.0 Å². The third-order valence-corrected chi connectivity index (χ3v) is 4.73. The molecule has 7 heteroatoms. The van der Waals surface area contributed by atoms with Crippen molar-refractivity contribution in [2.24, 2.45) is 0 Å². The Bertz CT molecular complexity index is 765. The number of likely N-dealkylation sites (N-methyl/N-ethyl adjacent to an activating group) is 1. The molecule has 0 heterocycles. The Morgan fingerprint density at radius 2 is 1.07 bits per heavy atom. The summed E-state index contributed by atoms with van der Waals surface area (Å²) in [7, 11) is 1.52. The Labute approximate surface area is 177 Å². The van der Waals surface area contributed by atoms with Gasteiger partial charge in [-0.3, -0.25) is 19.3 Å². The van der Waals surface area contributed by atoms with E-state index < -0.39 is 0 Å². The molecule has 2 aromatic rings. The topological polar surface area (TPSA) is 90.5 Å². The van der Waals surface area contributed by atoms with E-state index in [2.05, 4.69) is 16.0 Å². The molecule has 0 saturated heterocycles. The Hall–Kier alpha value is -3.19. The lowest BCUT2D eigenvalue weighted by atomic mass is 10.1. The largest absolute Gasteiger partial charge is 0.358 e. The van der Waals surface area contributed by atoms with Crippen LogP contribution >= 0.6 is 0 Å². The number of rotatable bonds is 10. The van der Waals surface area contributed by atoms with E-state index in [1.54, 1.807) is 0 Å². The minimum Gasteiger partial charge on any atom is -0.358 e. The molecular formula is C23H30N4O3. The first kappa shape index (κ1) is 23.1. The molecule has 0 saturated carbocycles. The van der Waals surface area contributed by atoms with Gasteiger partial charge in [-0.05, 0) is 25.0 Å². The van der Waals surface area contributed by atoms with Crippen LogP contribution in [0.5, 0.6) is 0 Å². The van der Waals surface area contributed by atoms with Crippen LogP contribution in [0, 0.1) is 0 Å². The van der Waals surface area contributed by atoms with Crippen LogP contribution in [0.3, 0.4) is 0 Å². The predicted octanol–water partition coefficient (Wildman–Crippen LogP) is 1.79. The van der Waals surface area contributed by atoms with Gasteiger partial charge in [0.25, 0.3) is 0 Å². The number of nitrogens with one attached hydrogen (secondary N) is 3. The maximum absolute atomic E-state index is 12.5. The molecule has 160 valence electrons. The van der Waals surface area contributed by atoms with E-state index >= 15 is 0 Å². The second-order valence-corrected chi connectivity index (χ2v) is 7.22. The zero-order valence-electron chi connectivity index (χ0n) is 17.7. The van der Waals surface area contributed by atoms with Crippen molar-refractivity contribution in [1.29, 1.82) is 0 Å². The van der Waals surface area contributed by atoms with E-state index in [9.17, 15) is 14.4 Å². The number of hydrogen-bond donors (Lipinski definition) is 3. The molecule has 2 rings (SSSR count). The van der Waals surface area contributed by atoms with Crippen LogP contribution in [-0.2, 0) is 14.4 Å². The molecule has 0 bridgehead atoms. The molecule has 0 aliphatic rings. The van der Waals surface area contributed by atoms with Crippen molar-refractivity contribution in [3.63, 3.8) is 0 Å². The monoisotopic (exact) mass is 410 g/mol. The average molecular weight is 411 g/mol. The highest BCUT2D eigenvalue weighted by Crippen LogP contribution is 2.12. The standard InChI is InChI=1S/C23H30N4O3/c1-17(19-10-6-4-7-11-19)25-22(29)15-27(14-21(28)24-3)16-23(30)26-18(2)20-12-8-5-9-13-20/h4-13,17-18H,14-16H2,1-3H3,(H,24,28)(H,25,29)(H,26,30)/t17-,18-/m0/s1. The fourth-order valence-electron chi connectivity index (χ4n) is 3.08. The third-order valence-electron chi connectivity index (χ3n) is 4.73. The molecule has 2 atom stereocenters. The summed E-state index contributed by atoms with van der Waals surface area (Å²) in [5.74, 6) is -0.763. The van der Waals surface area contributed by atoms with E-state index in [1.807, 2.05) is 74.5 Å². The molecule has 30 heavy (non-hydrogen) atoms. The molecule has 7 nitrogen and oxygen atoms in total. The zero-order chi connectivity index (χ0) is 21.9. The van der Waals surface area contributed by atoms with Crippen molar-refractivity contribution in [2.45, 2.75) is 25.9 Å². The van der Waals surface area contributed by atoms with Gasteiger partial charge in [-0.15, -0.1) is 0 Å². The van der Waals surface area contributed by atoms with Gasteiger partial charge in [-0.1, -0.05) is 60.7 Å². The van der Waals surface area contributed by atoms with E-state index in [0.717, 1.165) is 11.1 Å². The highest BCUT2D eigenvalue weighted by Gasteiger charge is 2.20. The highest BCUT2D eigenvalue weighted by molar-refractivity contribution is 5.84. The second kappa shape index (κ2) is 11.7. The zero-order valence-corrected chi connectivity index (χ0v) is 17.7. The molecule has 0 fully saturated rings. The number of amides is 3. The lowest BCUT2D eigenvalue weighted by Crippen LogP contribution is -2.47. The number of benzene rings is 2. The van der Waals surface area contributed by atoms with Crippen LogP contribution in [0.1, 0.15) is 37.1 Å². The summed E-state index contributed by atoms with van der Waals surface area (Å²) in [5, 5.41) is 8.36. The summed E-state index contributed by atoms with van der Waals surface area (Å²) in [6.45, 7) is 3.63. The van der Waals surface area contributed by atoms with Crippen molar-refractivity contribution in [3.05, 3.63) is 71.8 Å². The summed E-state index contributed by atoms with van der Waals surface area (Å²) in [6, 6.07) is 18.9. The number of hydrogen-bond acceptors (Lipinski definition) is 4. The molecule has 0 aliphatic heterocycles. The van der Waals surface area contributed by atoms with Gasteiger partial charge in [0.15, 0.2) is 0 Å². The number of carbonyl (C=O) groups is 3. The highest BCUT2D eigenvalue weighted by atomic mass is 16.2. The van der Waals surface area contributed by atoms with Gasteiger partial charge in [0.2, 0.25) is 17.7 Å². The van der Waals surface area contributed by atoms with Crippen molar-refractivity contribution in [3.8, 4) is 0 Å². The lowest BCUT2D eigenvalue weighted by molar-refractivity contribution is -0.128. The normalized spacial score (nSPS) is 12.7. The van der Waals surface area contributed by atoms with Crippen LogP contribution in [0.2, 0.25) is 0 Å². The van der Waals surface area contributed by atoms with Crippen LogP contribution in [0.25, 0.3) is 0 Å². The predicted molar refractivity (Wildman–Crippen MR) is 117 cm³/mol. The molecule has 0 unspecified atom stereocenters. The SMILES string of the molecule is CNC(=O)CN(CC(=O)N[C@@H](C)c1ccccc1)CC(=O)N[C@@H](C)c1ccccc1. The van der Waals surface area contributed by atoms with Gasteiger partial charge < -0.3 is 16.0 Å². The van der Waals surface area contributed by atoms with E-state index in [4.69, 9.17) is 0 Å². The molecule has 0 aromatic heterocycles. The van der Waals surface area contributed by atoms with E-state index in [1.165, 1.54) is 11.9 Å². The van der Waals surface area contributed by atoms with E-state index in [0.29, 0.717) is 0 Å². The van der Waals surface area contributed by atoms with Gasteiger partial charge in [0, 0.05) is 7.05 Å². The Morgan fingerprint density at radius 3 is 1.43 bits per heavy atom. The summed E-state index contributed by atoms with van der Waals surface area (Å²) in [4.78, 5) is 38.4. The molecular weight excluding hydrogens is 380 g/mol. The number of carbonyl (C=O) groups excluding carboxylic acids is 3. The summed E-state index contributed by atoms with van der Waals surface area (Å²) in [5.41, 5.74) is 1.97. The molecule has 0 aliphatic carbocycles. The third kappa shape index (κ3) is 7.67. The van der Waals surface area contributed by atoms with Crippen molar-refractivity contribution < 1.29 is 14.4 Å². The molecule has 3 N–H and O–H groups in total. The summed E-state index contributed by atoms with van der Waals surface area (Å²) >= 11 is 0. The summed E-state index contributed by atoms with van der Waals surface area (Å²) < 4.78 is 0.